The Morgan fingerprint density at radius 1 is 0.351 bits per heavy atom. The second kappa shape index (κ2) is 67.1. The monoisotopic (exact) mass is 1090 g/mol. The summed E-state index contributed by atoms with van der Waals surface area (Å²) in [6.07, 6.45) is 82.9. The summed E-state index contributed by atoms with van der Waals surface area (Å²) in [4.78, 5) is 24.6. The lowest BCUT2D eigenvalue weighted by atomic mass is 10.0. The Morgan fingerprint density at radius 3 is 0.883 bits per heavy atom. The number of nitrogens with one attached hydrogen (secondary N) is 1. The number of carbonyl (C=O) groups excluding carboxylic acids is 2. The molecule has 0 aromatic carbocycles. The lowest BCUT2D eigenvalue weighted by Gasteiger charge is -2.20. The van der Waals surface area contributed by atoms with E-state index < -0.39 is 12.1 Å². The Kier molecular flexibility index (Phi) is 65.9. The summed E-state index contributed by atoms with van der Waals surface area (Å²) in [5.74, 6) is -0.0416. The maximum atomic E-state index is 12.5. The summed E-state index contributed by atoms with van der Waals surface area (Å²) in [6.45, 7) is 4.95. The topological polar surface area (TPSA) is 95.9 Å². The number of unbranched alkanes of at least 4 members (excludes halogenated alkanes) is 56. The molecule has 6 heteroatoms. The number of amides is 1. The van der Waals surface area contributed by atoms with Crippen LogP contribution in [0.5, 0.6) is 0 Å². The van der Waals surface area contributed by atoms with E-state index in [-0.39, 0.29) is 18.5 Å². The molecule has 0 rings (SSSR count). The Morgan fingerprint density at radius 2 is 0.597 bits per heavy atom. The fraction of sp³-hybridized carbons (Fsp3) is 0.944. The highest BCUT2D eigenvalue weighted by Crippen LogP contribution is 2.19. The van der Waals surface area contributed by atoms with E-state index in [1.54, 1.807) is 6.08 Å². The van der Waals surface area contributed by atoms with Crippen LogP contribution in [0.4, 0.5) is 0 Å². The van der Waals surface area contributed by atoms with Gasteiger partial charge in [-0.25, -0.2) is 0 Å². The van der Waals surface area contributed by atoms with Crippen molar-refractivity contribution in [1.82, 2.24) is 5.32 Å². The summed E-state index contributed by atoms with van der Waals surface area (Å²) in [7, 11) is 0. The van der Waals surface area contributed by atoms with E-state index in [1.807, 2.05) is 6.08 Å². The number of hydrogen-bond donors (Lipinski definition) is 3. The van der Waals surface area contributed by atoms with Crippen molar-refractivity contribution in [2.75, 3.05) is 13.2 Å². The molecule has 0 heterocycles. The molecule has 2 atom stereocenters. The molecule has 0 aliphatic heterocycles. The number of rotatable bonds is 67. The smallest absolute Gasteiger partial charge is 0.305 e. The lowest BCUT2D eigenvalue weighted by molar-refractivity contribution is -0.143. The molecule has 3 N–H and O–H groups in total. The second-order valence-corrected chi connectivity index (χ2v) is 24.6. The molecule has 0 saturated carbocycles. The summed E-state index contributed by atoms with van der Waals surface area (Å²) in [6, 6.07) is -0.626. The van der Waals surface area contributed by atoms with Crippen molar-refractivity contribution in [1.29, 1.82) is 0 Å². The molecule has 77 heavy (non-hydrogen) atoms. The molecule has 2 unspecified atom stereocenters. The molecule has 1 amide bonds. The third-order valence-corrected chi connectivity index (χ3v) is 16.8. The number of aliphatic hydroxyl groups is 2. The molecule has 6 nitrogen and oxygen atoms in total. The number of ether oxygens (including phenoxy) is 1. The molecule has 0 radical (unpaired) electrons. The normalized spacial score (nSPS) is 12.5. The fourth-order valence-corrected chi connectivity index (χ4v) is 11.4. The van der Waals surface area contributed by atoms with Gasteiger partial charge in [0.25, 0.3) is 0 Å². The lowest BCUT2D eigenvalue weighted by Crippen LogP contribution is -2.45. The molecule has 458 valence electrons. The van der Waals surface area contributed by atoms with Gasteiger partial charge in [-0.2, -0.15) is 0 Å². The van der Waals surface area contributed by atoms with Crippen molar-refractivity contribution in [3.63, 3.8) is 0 Å². The minimum Gasteiger partial charge on any atom is -0.466 e. The zero-order valence-electron chi connectivity index (χ0n) is 52.5. The van der Waals surface area contributed by atoms with Crippen molar-refractivity contribution in [2.24, 2.45) is 0 Å². The van der Waals surface area contributed by atoms with Crippen molar-refractivity contribution in [3.8, 4) is 0 Å². The Hall–Kier alpha value is -1.40. The molecule has 0 bridgehead atoms. The van der Waals surface area contributed by atoms with Gasteiger partial charge in [-0.3, -0.25) is 9.59 Å². The standard InChI is InChI=1S/C71H139NO5/c1-3-5-7-9-11-13-15-17-18-19-20-27-30-33-36-40-43-47-51-55-59-63-69(74)68(67-73)72-70(75)64-60-56-52-48-44-41-37-34-31-28-25-23-21-22-24-26-29-32-35-38-42-46-50-54-58-62-66-77-71(76)65-61-57-53-49-45-39-16-14-12-10-8-6-4-2/h59,63,68-69,73-74H,3-58,60-62,64-67H2,1-2H3,(H,72,75)/b63-59+. The highest BCUT2D eigenvalue weighted by molar-refractivity contribution is 5.76. The van der Waals surface area contributed by atoms with Gasteiger partial charge >= 0.3 is 5.97 Å². The molecule has 0 aliphatic carbocycles. The summed E-state index contributed by atoms with van der Waals surface area (Å²) >= 11 is 0. The van der Waals surface area contributed by atoms with Crippen molar-refractivity contribution in [2.45, 2.75) is 418 Å². The summed E-state index contributed by atoms with van der Waals surface area (Å²) in [5, 5.41) is 23.3. The average Bonchev–Trinajstić information content (AvgIpc) is 3.43. The van der Waals surface area contributed by atoms with E-state index in [9.17, 15) is 19.8 Å². The van der Waals surface area contributed by atoms with Gasteiger partial charge in [-0.15, -0.1) is 0 Å². The average molecular weight is 1090 g/mol. The third kappa shape index (κ3) is 63.6. The van der Waals surface area contributed by atoms with Gasteiger partial charge in [-0.05, 0) is 32.1 Å². The van der Waals surface area contributed by atoms with Crippen LogP contribution in [-0.4, -0.2) is 47.4 Å². The van der Waals surface area contributed by atoms with E-state index in [0.29, 0.717) is 19.4 Å². The maximum Gasteiger partial charge on any atom is 0.305 e. The number of hydrogen-bond acceptors (Lipinski definition) is 5. The van der Waals surface area contributed by atoms with E-state index in [4.69, 9.17) is 4.74 Å². The van der Waals surface area contributed by atoms with Crippen LogP contribution in [0.2, 0.25) is 0 Å². The predicted octanol–water partition coefficient (Wildman–Crippen LogP) is 22.8. The highest BCUT2D eigenvalue weighted by atomic mass is 16.5. The summed E-state index contributed by atoms with van der Waals surface area (Å²) < 4.78 is 5.49. The number of esters is 1. The Balaban J connectivity index is 3.37. The number of carbonyl (C=O) groups is 2. The molecule has 0 aliphatic rings. The largest absolute Gasteiger partial charge is 0.466 e. The molecular weight excluding hydrogens is 947 g/mol. The quantitative estimate of drug-likeness (QED) is 0.0320. The first-order valence-electron chi connectivity index (χ1n) is 35.5. The number of aliphatic hydroxyl groups excluding tert-OH is 2. The van der Waals surface area contributed by atoms with Gasteiger partial charge in [0.15, 0.2) is 0 Å². The van der Waals surface area contributed by atoms with Crippen LogP contribution in [-0.2, 0) is 14.3 Å². The van der Waals surface area contributed by atoms with Crippen LogP contribution in [0, 0.1) is 0 Å². The first-order chi connectivity index (χ1) is 38.0. The molecule has 0 spiro atoms. The first kappa shape index (κ1) is 75.6. The van der Waals surface area contributed by atoms with Gasteiger partial charge in [0.05, 0.1) is 25.4 Å². The molecule has 0 fully saturated rings. The van der Waals surface area contributed by atoms with E-state index in [2.05, 4.69) is 19.2 Å². The van der Waals surface area contributed by atoms with Crippen LogP contribution >= 0.6 is 0 Å². The molecule has 0 aromatic heterocycles. The van der Waals surface area contributed by atoms with Gasteiger partial charge < -0.3 is 20.3 Å². The highest BCUT2D eigenvalue weighted by Gasteiger charge is 2.18. The van der Waals surface area contributed by atoms with Crippen molar-refractivity contribution in [3.05, 3.63) is 12.2 Å². The van der Waals surface area contributed by atoms with Gasteiger partial charge in [0, 0.05) is 12.8 Å². The minimum absolute atomic E-state index is 0.0194. The zero-order chi connectivity index (χ0) is 55.7. The molecular formula is C71H139NO5. The summed E-state index contributed by atoms with van der Waals surface area (Å²) in [5.41, 5.74) is 0. The van der Waals surface area contributed by atoms with E-state index >= 15 is 0 Å². The second-order valence-electron chi connectivity index (χ2n) is 24.6. The molecule has 0 aromatic rings. The van der Waals surface area contributed by atoms with Crippen LogP contribution in [0.25, 0.3) is 0 Å². The molecule has 0 saturated heterocycles. The van der Waals surface area contributed by atoms with Crippen LogP contribution in [0.15, 0.2) is 12.2 Å². The number of allylic oxidation sites excluding steroid dienone is 1. The Labute approximate surface area is 482 Å². The van der Waals surface area contributed by atoms with Crippen LogP contribution in [0.1, 0.15) is 406 Å². The van der Waals surface area contributed by atoms with Gasteiger partial charge in [-0.1, -0.05) is 373 Å². The van der Waals surface area contributed by atoms with E-state index in [1.165, 1.54) is 340 Å². The third-order valence-electron chi connectivity index (χ3n) is 16.8. The van der Waals surface area contributed by atoms with Crippen LogP contribution in [0.3, 0.4) is 0 Å². The predicted molar refractivity (Wildman–Crippen MR) is 338 cm³/mol. The first-order valence-corrected chi connectivity index (χ1v) is 35.5. The Bertz CT molecular complexity index is 1160. The van der Waals surface area contributed by atoms with Crippen molar-refractivity contribution >= 4 is 11.9 Å². The minimum atomic E-state index is -0.843. The van der Waals surface area contributed by atoms with Crippen molar-refractivity contribution < 1.29 is 24.5 Å². The zero-order valence-corrected chi connectivity index (χ0v) is 52.5. The SMILES string of the molecule is CCCCCCCCCCCCCCCCCCCCC/C=C/C(O)C(CO)NC(=O)CCCCCCCCCCCCCCCCCCCCCCCCCCCCOC(=O)CCCCCCCCCCCCCCC. The van der Waals surface area contributed by atoms with E-state index in [0.717, 1.165) is 38.5 Å². The maximum absolute atomic E-state index is 12.5. The van der Waals surface area contributed by atoms with Gasteiger partial charge in [0.1, 0.15) is 0 Å². The van der Waals surface area contributed by atoms with Crippen LogP contribution < -0.4 is 5.32 Å². The fourth-order valence-electron chi connectivity index (χ4n) is 11.4. The van der Waals surface area contributed by atoms with Gasteiger partial charge in [0.2, 0.25) is 5.91 Å².